The van der Waals surface area contributed by atoms with Crippen molar-refractivity contribution in [1.29, 1.82) is 0 Å². The number of hydrogen-bond donors (Lipinski definition) is 4. The Bertz CT molecular complexity index is 1300. The first-order valence-electron chi connectivity index (χ1n) is 15.5. The molecule has 0 saturated heterocycles. The molecule has 0 bridgehead atoms. The molecule has 244 valence electrons. The summed E-state index contributed by atoms with van der Waals surface area (Å²) >= 11 is 0. The topological polar surface area (TPSA) is 128 Å². The SMILES string of the molecule is CCC(CCCC(CO)N(C(C)C)S(=O)c1ccc(CO)cc1)NC(=O)C(NC(=O)OC)C(c1ccccc1)c1ccccc1. The fraction of sp³-hybridized carbons (Fsp3) is 0.429. The van der Waals surface area contributed by atoms with E-state index in [1.165, 1.54) is 7.11 Å². The quantitative estimate of drug-likeness (QED) is 0.167. The van der Waals surface area contributed by atoms with Crippen molar-refractivity contribution in [3.63, 3.8) is 0 Å². The van der Waals surface area contributed by atoms with Gasteiger partial charge in [-0.25, -0.2) is 13.3 Å². The molecule has 0 aliphatic heterocycles. The van der Waals surface area contributed by atoms with E-state index in [9.17, 15) is 24.0 Å². The van der Waals surface area contributed by atoms with Crippen LogP contribution in [0.3, 0.4) is 0 Å². The van der Waals surface area contributed by atoms with E-state index in [1.807, 2.05) is 85.7 Å². The van der Waals surface area contributed by atoms with Crippen molar-refractivity contribution in [3.05, 3.63) is 102 Å². The normalized spacial score (nSPS) is 14.2. The van der Waals surface area contributed by atoms with Crippen LogP contribution in [0.15, 0.2) is 89.8 Å². The van der Waals surface area contributed by atoms with Gasteiger partial charge in [0.2, 0.25) is 5.91 Å². The minimum atomic E-state index is -1.50. The van der Waals surface area contributed by atoms with Gasteiger partial charge < -0.3 is 25.6 Å². The highest BCUT2D eigenvalue weighted by Crippen LogP contribution is 2.29. The van der Waals surface area contributed by atoms with E-state index in [-0.39, 0.29) is 37.2 Å². The predicted octanol–water partition coefficient (Wildman–Crippen LogP) is 4.89. The maximum absolute atomic E-state index is 13.9. The molecule has 9 nitrogen and oxygen atoms in total. The van der Waals surface area contributed by atoms with Gasteiger partial charge in [0.15, 0.2) is 0 Å². The summed E-state index contributed by atoms with van der Waals surface area (Å²) in [5, 5.41) is 25.6. The first kappa shape index (κ1) is 35.9. The minimum Gasteiger partial charge on any atom is -0.453 e. The maximum atomic E-state index is 13.9. The second-order valence-corrected chi connectivity index (χ2v) is 12.7. The van der Waals surface area contributed by atoms with E-state index in [2.05, 4.69) is 10.6 Å². The number of benzene rings is 3. The summed E-state index contributed by atoms with van der Waals surface area (Å²) in [6.45, 7) is 5.63. The summed E-state index contributed by atoms with van der Waals surface area (Å²) < 4.78 is 20.2. The Hall–Kier alpha value is -3.57. The predicted molar refractivity (Wildman–Crippen MR) is 177 cm³/mol. The van der Waals surface area contributed by atoms with Gasteiger partial charge in [0.05, 0.1) is 25.2 Å². The summed E-state index contributed by atoms with van der Waals surface area (Å²) in [6.07, 6.45) is 1.85. The molecule has 0 aliphatic carbocycles. The lowest BCUT2D eigenvalue weighted by Gasteiger charge is -2.33. The van der Waals surface area contributed by atoms with Crippen LogP contribution in [-0.2, 0) is 27.1 Å². The van der Waals surface area contributed by atoms with E-state index in [4.69, 9.17) is 4.74 Å². The molecule has 4 unspecified atom stereocenters. The average Bonchev–Trinajstić information content (AvgIpc) is 3.07. The first-order chi connectivity index (χ1) is 21.7. The zero-order valence-electron chi connectivity index (χ0n) is 26.6. The molecule has 0 fully saturated rings. The molecule has 0 heterocycles. The molecule has 0 spiro atoms. The summed E-state index contributed by atoms with van der Waals surface area (Å²) in [5.74, 6) is -0.774. The van der Waals surface area contributed by atoms with Crippen LogP contribution in [0.2, 0.25) is 0 Å². The summed E-state index contributed by atoms with van der Waals surface area (Å²) in [4.78, 5) is 27.0. The van der Waals surface area contributed by atoms with Crippen LogP contribution in [0.5, 0.6) is 0 Å². The Morgan fingerprint density at radius 3 is 1.91 bits per heavy atom. The number of amides is 2. The number of nitrogens with one attached hydrogen (secondary N) is 2. The van der Waals surface area contributed by atoms with Crippen molar-refractivity contribution in [1.82, 2.24) is 14.9 Å². The highest BCUT2D eigenvalue weighted by atomic mass is 32.2. The molecule has 0 aromatic heterocycles. The van der Waals surface area contributed by atoms with Crippen molar-refractivity contribution >= 4 is 23.0 Å². The molecule has 0 aliphatic rings. The van der Waals surface area contributed by atoms with Crippen molar-refractivity contribution in [2.45, 2.75) is 88.0 Å². The smallest absolute Gasteiger partial charge is 0.407 e. The monoisotopic (exact) mass is 637 g/mol. The maximum Gasteiger partial charge on any atom is 0.407 e. The van der Waals surface area contributed by atoms with Crippen LogP contribution in [-0.4, -0.2) is 68.6 Å². The van der Waals surface area contributed by atoms with Crippen LogP contribution in [0.1, 0.15) is 69.1 Å². The van der Waals surface area contributed by atoms with Crippen LogP contribution in [0.25, 0.3) is 0 Å². The molecule has 3 aromatic rings. The van der Waals surface area contributed by atoms with Gasteiger partial charge in [-0.1, -0.05) is 79.7 Å². The van der Waals surface area contributed by atoms with E-state index in [0.29, 0.717) is 30.6 Å². The highest BCUT2D eigenvalue weighted by Gasteiger charge is 2.34. The van der Waals surface area contributed by atoms with E-state index in [1.54, 1.807) is 24.3 Å². The summed E-state index contributed by atoms with van der Waals surface area (Å²) in [5.41, 5.74) is 2.50. The molecular formula is C35H47N3O6S. The molecule has 0 saturated carbocycles. The van der Waals surface area contributed by atoms with Gasteiger partial charge in [0.25, 0.3) is 0 Å². The minimum absolute atomic E-state index is 0.0894. The van der Waals surface area contributed by atoms with Crippen molar-refractivity contribution in [2.75, 3.05) is 13.7 Å². The number of methoxy groups -OCH3 is 1. The molecular weight excluding hydrogens is 590 g/mol. The van der Waals surface area contributed by atoms with Crippen LogP contribution >= 0.6 is 0 Å². The number of nitrogens with zero attached hydrogens (tertiary/aromatic N) is 1. The second-order valence-electron chi connectivity index (χ2n) is 11.3. The van der Waals surface area contributed by atoms with Crippen molar-refractivity contribution < 1.29 is 28.7 Å². The fourth-order valence-corrected chi connectivity index (χ4v) is 6.97. The third-order valence-electron chi connectivity index (χ3n) is 7.90. The number of alkyl carbamates (subject to hydrolysis) is 1. The van der Waals surface area contributed by atoms with Crippen LogP contribution in [0, 0.1) is 0 Å². The number of carbonyl (C=O) groups excluding carboxylic acids is 2. The zero-order chi connectivity index (χ0) is 32.8. The lowest BCUT2D eigenvalue weighted by molar-refractivity contribution is -0.124. The first-order valence-corrected chi connectivity index (χ1v) is 16.6. The number of hydrogen-bond acceptors (Lipinski definition) is 6. The Morgan fingerprint density at radius 2 is 1.44 bits per heavy atom. The Morgan fingerprint density at radius 1 is 0.867 bits per heavy atom. The fourth-order valence-electron chi connectivity index (χ4n) is 5.53. The summed E-state index contributed by atoms with van der Waals surface area (Å²) in [6, 6.07) is 24.6. The Labute approximate surface area is 269 Å². The number of aliphatic hydroxyl groups is 2. The van der Waals surface area contributed by atoms with Gasteiger partial charge in [-0.15, -0.1) is 0 Å². The highest BCUT2D eigenvalue weighted by molar-refractivity contribution is 7.82. The molecule has 10 heteroatoms. The van der Waals surface area contributed by atoms with Gasteiger partial charge >= 0.3 is 6.09 Å². The van der Waals surface area contributed by atoms with E-state index in [0.717, 1.165) is 16.7 Å². The number of rotatable bonds is 17. The van der Waals surface area contributed by atoms with Gasteiger partial charge in [-0.2, -0.15) is 0 Å². The molecule has 4 atom stereocenters. The van der Waals surface area contributed by atoms with E-state index >= 15 is 0 Å². The lowest BCUT2D eigenvalue weighted by Crippen LogP contribution is -2.52. The summed E-state index contributed by atoms with van der Waals surface area (Å²) in [7, 11) is -0.229. The zero-order valence-corrected chi connectivity index (χ0v) is 27.4. The van der Waals surface area contributed by atoms with Gasteiger partial charge in [0.1, 0.15) is 17.0 Å². The second kappa shape index (κ2) is 18.4. The molecule has 3 rings (SSSR count). The Balaban J connectivity index is 1.74. The third-order valence-corrected chi connectivity index (χ3v) is 9.68. The molecule has 0 radical (unpaired) electrons. The third kappa shape index (κ3) is 10.2. The number of ether oxygens (including phenoxy) is 1. The lowest BCUT2D eigenvalue weighted by atomic mass is 9.84. The van der Waals surface area contributed by atoms with Crippen molar-refractivity contribution in [3.8, 4) is 0 Å². The van der Waals surface area contributed by atoms with Crippen molar-refractivity contribution in [2.24, 2.45) is 0 Å². The van der Waals surface area contributed by atoms with E-state index < -0.39 is 29.0 Å². The molecule has 4 N–H and O–H groups in total. The number of carbonyl (C=O) groups is 2. The van der Waals surface area contributed by atoms with Gasteiger partial charge in [-0.05, 0) is 68.4 Å². The molecule has 45 heavy (non-hydrogen) atoms. The standard InChI is InChI=1S/C35H47N3O6S/c1-5-29(17-12-18-30(24-40)38(25(2)3)45(43)31-21-19-26(23-39)20-22-31)36-34(41)33(37-35(42)44-4)32(27-13-8-6-9-14-27)28-15-10-7-11-16-28/h6-11,13-16,19-22,25,29-30,32-33,39-40H,5,12,17-18,23-24H2,1-4H3,(H,36,41)(H,37,42). The van der Waals surface area contributed by atoms with Crippen LogP contribution in [0.4, 0.5) is 4.79 Å². The van der Waals surface area contributed by atoms with Crippen LogP contribution < -0.4 is 10.6 Å². The average molecular weight is 638 g/mol. The Kier molecular flexibility index (Phi) is 14.7. The largest absolute Gasteiger partial charge is 0.453 e. The molecule has 2 amide bonds. The molecule has 3 aromatic carbocycles. The van der Waals surface area contributed by atoms with Gasteiger partial charge in [-0.3, -0.25) is 4.79 Å². The van der Waals surface area contributed by atoms with Gasteiger partial charge in [0, 0.05) is 24.0 Å². The number of aliphatic hydroxyl groups excluding tert-OH is 2.